The SMILES string of the molecule is CC(C)c1ccccc1.[Mn]. The molecule has 0 atom stereocenters. The molecule has 0 unspecified atom stereocenters. The van der Waals surface area contributed by atoms with Crippen molar-refractivity contribution in [3.8, 4) is 0 Å². The van der Waals surface area contributed by atoms with Gasteiger partial charge in [0.1, 0.15) is 0 Å². The Kier molecular flexibility index (Phi) is 4.42. The normalized spacial score (nSPS) is 9.10. The van der Waals surface area contributed by atoms with E-state index in [2.05, 4.69) is 38.1 Å². The topological polar surface area (TPSA) is 0 Å². The van der Waals surface area contributed by atoms with E-state index in [9.17, 15) is 0 Å². The first kappa shape index (κ1) is 9.74. The van der Waals surface area contributed by atoms with E-state index in [-0.39, 0.29) is 17.1 Å². The van der Waals surface area contributed by atoms with Crippen LogP contribution in [-0.2, 0) is 17.1 Å². The molecule has 1 aromatic rings. The third kappa shape index (κ3) is 2.55. The first-order valence-electron chi connectivity index (χ1n) is 3.35. The van der Waals surface area contributed by atoms with Crippen LogP contribution < -0.4 is 0 Å². The Balaban J connectivity index is 0.000000810. The number of benzene rings is 1. The van der Waals surface area contributed by atoms with E-state index < -0.39 is 0 Å². The van der Waals surface area contributed by atoms with Gasteiger partial charge in [0.2, 0.25) is 0 Å². The van der Waals surface area contributed by atoms with E-state index in [0.717, 1.165) is 0 Å². The first-order valence-corrected chi connectivity index (χ1v) is 3.35. The zero-order chi connectivity index (χ0) is 6.69. The van der Waals surface area contributed by atoms with E-state index in [4.69, 9.17) is 0 Å². The molecule has 55 valence electrons. The van der Waals surface area contributed by atoms with Crippen LogP contribution in [0.5, 0.6) is 0 Å². The number of rotatable bonds is 1. The summed E-state index contributed by atoms with van der Waals surface area (Å²) >= 11 is 0. The Morgan fingerprint density at radius 2 is 1.50 bits per heavy atom. The molecule has 1 aromatic carbocycles. The van der Waals surface area contributed by atoms with Crippen LogP contribution in [0.4, 0.5) is 0 Å². The number of hydrogen-bond donors (Lipinski definition) is 0. The van der Waals surface area contributed by atoms with Crippen LogP contribution in [0.1, 0.15) is 25.3 Å². The molecule has 0 heterocycles. The summed E-state index contributed by atoms with van der Waals surface area (Å²) in [5.74, 6) is 0.659. The second kappa shape index (κ2) is 4.54. The first-order chi connectivity index (χ1) is 4.30. The molecule has 0 aliphatic carbocycles. The molecule has 0 fully saturated rings. The zero-order valence-corrected chi connectivity index (χ0v) is 7.52. The van der Waals surface area contributed by atoms with Crippen LogP contribution in [-0.4, -0.2) is 0 Å². The predicted molar refractivity (Wildman–Crippen MR) is 40.5 cm³/mol. The molecule has 0 nitrogen and oxygen atoms in total. The molecule has 0 aromatic heterocycles. The quantitative estimate of drug-likeness (QED) is 0.575. The summed E-state index contributed by atoms with van der Waals surface area (Å²) in [4.78, 5) is 0. The Morgan fingerprint density at radius 3 is 1.80 bits per heavy atom. The van der Waals surface area contributed by atoms with Crippen molar-refractivity contribution in [2.45, 2.75) is 19.8 Å². The van der Waals surface area contributed by atoms with Gasteiger partial charge in [-0.3, -0.25) is 0 Å². The molecular weight excluding hydrogens is 163 g/mol. The minimum absolute atomic E-state index is 0. The van der Waals surface area contributed by atoms with Crippen molar-refractivity contribution >= 4 is 0 Å². The van der Waals surface area contributed by atoms with Crippen molar-refractivity contribution in [1.29, 1.82) is 0 Å². The summed E-state index contributed by atoms with van der Waals surface area (Å²) in [6.07, 6.45) is 0. The van der Waals surface area contributed by atoms with Crippen LogP contribution in [0.25, 0.3) is 0 Å². The van der Waals surface area contributed by atoms with Gasteiger partial charge in [-0.2, -0.15) is 0 Å². The molecule has 0 N–H and O–H groups in total. The molecule has 0 aliphatic heterocycles. The van der Waals surface area contributed by atoms with Gasteiger partial charge in [0.15, 0.2) is 0 Å². The third-order valence-electron chi connectivity index (χ3n) is 1.47. The van der Waals surface area contributed by atoms with Gasteiger partial charge in [-0.1, -0.05) is 44.2 Å². The fraction of sp³-hybridized carbons (Fsp3) is 0.333. The van der Waals surface area contributed by atoms with E-state index in [0.29, 0.717) is 5.92 Å². The standard InChI is InChI=1S/C9H12.Mn/c1-8(2)9-6-4-3-5-7-9;/h3-8H,1-2H3;. The van der Waals surface area contributed by atoms with Gasteiger partial charge >= 0.3 is 0 Å². The Hall–Kier alpha value is -0.261. The summed E-state index contributed by atoms with van der Waals surface area (Å²) < 4.78 is 0. The molecule has 0 aliphatic rings. The average Bonchev–Trinajstić information content (AvgIpc) is 1.90. The third-order valence-corrected chi connectivity index (χ3v) is 1.47. The number of hydrogen-bond acceptors (Lipinski definition) is 0. The zero-order valence-electron chi connectivity index (χ0n) is 6.34. The summed E-state index contributed by atoms with van der Waals surface area (Å²) in [7, 11) is 0. The Labute approximate surface area is 73.1 Å². The predicted octanol–water partition coefficient (Wildman–Crippen LogP) is 2.81. The van der Waals surface area contributed by atoms with Crippen molar-refractivity contribution in [3.63, 3.8) is 0 Å². The van der Waals surface area contributed by atoms with Crippen LogP contribution in [0.3, 0.4) is 0 Å². The maximum Gasteiger partial charge on any atom is 0 e. The van der Waals surface area contributed by atoms with Crippen molar-refractivity contribution in [1.82, 2.24) is 0 Å². The smallest absolute Gasteiger partial charge is 0 e. The van der Waals surface area contributed by atoms with Gasteiger partial charge in [0.25, 0.3) is 0 Å². The van der Waals surface area contributed by atoms with Crippen LogP contribution >= 0.6 is 0 Å². The van der Waals surface area contributed by atoms with Gasteiger partial charge in [-0.05, 0) is 11.5 Å². The molecule has 0 saturated carbocycles. The average molecular weight is 175 g/mol. The fourth-order valence-corrected chi connectivity index (χ4v) is 0.838. The molecule has 1 heteroatoms. The van der Waals surface area contributed by atoms with Gasteiger partial charge < -0.3 is 0 Å². The molecule has 0 spiro atoms. The van der Waals surface area contributed by atoms with Crippen molar-refractivity contribution < 1.29 is 17.1 Å². The van der Waals surface area contributed by atoms with Crippen LogP contribution in [0.2, 0.25) is 0 Å². The van der Waals surface area contributed by atoms with Crippen LogP contribution in [0.15, 0.2) is 30.3 Å². The molecule has 1 rings (SSSR count). The van der Waals surface area contributed by atoms with Crippen molar-refractivity contribution in [2.75, 3.05) is 0 Å². The summed E-state index contributed by atoms with van der Waals surface area (Å²) in [6.45, 7) is 4.41. The van der Waals surface area contributed by atoms with Gasteiger partial charge in [0.05, 0.1) is 0 Å². The second-order valence-corrected chi connectivity index (χ2v) is 2.57. The second-order valence-electron chi connectivity index (χ2n) is 2.57. The maximum atomic E-state index is 2.20. The van der Waals surface area contributed by atoms with E-state index in [1.54, 1.807) is 0 Å². The Morgan fingerprint density at radius 1 is 1.00 bits per heavy atom. The molecule has 0 amide bonds. The van der Waals surface area contributed by atoms with E-state index in [1.165, 1.54) is 5.56 Å². The summed E-state index contributed by atoms with van der Waals surface area (Å²) in [6, 6.07) is 10.5. The Bertz CT molecular complexity index is 167. The van der Waals surface area contributed by atoms with Crippen molar-refractivity contribution in [2.24, 2.45) is 0 Å². The van der Waals surface area contributed by atoms with Gasteiger partial charge in [-0.25, -0.2) is 0 Å². The fourth-order valence-electron chi connectivity index (χ4n) is 0.838. The minimum Gasteiger partial charge on any atom is -0.0622 e. The summed E-state index contributed by atoms with van der Waals surface area (Å²) in [5.41, 5.74) is 1.41. The summed E-state index contributed by atoms with van der Waals surface area (Å²) in [5, 5.41) is 0. The largest absolute Gasteiger partial charge is 0.0622 e. The van der Waals surface area contributed by atoms with E-state index >= 15 is 0 Å². The van der Waals surface area contributed by atoms with Gasteiger partial charge in [0, 0.05) is 17.1 Å². The molecule has 10 heavy (non-hydrogen) atoms. The monoisotopic (exact) mass is 175 g/mol. The molecule has 0 saturated heterocycles. The molecular formula is C9H12Mn. The van der Waals surface area contributed by atoms with Crippen molar-refractivity contribution in [3.05, 3.63) is 35.9 Å². The maximum absolute atomic E-state index is 2.20. The molecule has 1 radical (unpaired) electrons. The van der Waals surface area contributed by atoms with E-state index in [1.807, 2.05) is 6.07 Å². The van der Waals surface area contributed by atoms with Crippen LogP contribution in [0, 0.1) is 0 Å². The van der Waals surface area contributed by atoms with Gasteiger partial charge in [-0.15, -0.1) is 0 Å². The minimum atomic E-state index is 0. The molecule has 0 bridgehead atoms.